The van der Waals surface area contributed by atoms with Crippen LogP contribution in [0.1, 0.15) is 17.3 Å². The van der Waals surface area contributed by atoms with Gasteiger partial charge in [-0.1, -0.05) is 15.9 Å². The summed E-state index contributed by atoms with van der Waals surface area (Å²) in [6.45, 7) is 3.99. The van der Waals surface area contributed by atoms with Crippen molar-refractivity contribution in [1.82, 2.24) is 9.78 Å². The topological polar surface area (TPSA) is 56.1 Å². The normalized spacial score (nSPS) is 11.5. The second-order valence-corrected chi connectivity index (χ2v) is 6.66. The number of aromatic nitrogens is 2. The first-order chi connectivity index (χ1) is 11.6. The highest BCUT2D eigenvalue weighted by Gasteiger charge is 2.06. The Morgan fingerprint density at radius 3 is 2.83 bits per heavy atom. The largest absolute Gasteiger partial charge is 0.380 e. The summed E-state index contributed by atoms with van der Waals surface area (Å²) in [6, 6.07) is 7.31. The zero-order valence-corrected chi connectivity index (χ0v) is 16.1. The van der Waals surface area contributed by atoms with Crippen LogP contribution < -0.4 is 5.32 Å². The number of ether oxygens (including phenoxy) is 1. The Kier molecular flexibility index (Phi) is 7.55. The number of nitrogens with zero attached hydrogens (tertiary/aromatic N) is 2. The minimum atomic E-state index is -0.0388. The lowest BCUT2D eigenvalue weighted by Crippen LogP contribution is -2.06. The molecule has 0 amide bonds. The minimum Gasteiger partial charge on any atom is -0.380 e. The van der Waals surface area contributed by atoms with Gasteiger partial charge in [0, 0.05) is 28.9 Å². The van der Waals surface area contributed by atoms with Gasteiger partial charge in [0.05, 0.1) is 30.1 Å². The van der Waals surface area contributed by atoms with E-state index in [0.717, 1.165) is 15.2 Å². The van der Waals surface area contributed by atoms with Crippen LogP contribution in [0.4, 0.5) is 5.69 Å². The first kappa shape index (κ1) is 18.8. The maximum absolute atomic E-state index is 12.3. The van der Waals surface area contributed by atoms with Crippen molar-refractivity contribution in [2.45, 2.75) is 13.5 Å². The van der Waals surface area contributed by atoms with Crippen molar-refractivity contribution in [2.24, 2.45) is 0 Å². The van der Waals surface area contributed by atoms with E-state index < -0.39 is 0 Å². The number of anilines is 1. The standard InChI is InChI=1S/C17H20BrN3O2S/c1-3-23-9-8-21-12-15(11-19-21)20-17(24-2)10-16(22)13-4-6-14(18)7-5-13/h4-7,10-12,20H,3,8-9H2,1-2H3/b17-10-. The van der Waals surface area contributed by atoms with Crippen molar-refractivity contribution >= 4 is 39.2 Å². The monoisotopic (exact) mass is 409 g/mol. The van der Waals surface area contributed by atoms with E-state index in [2.05, 4.69) is 26.3 Å². The van der Waals surface area contributed by atoms with Gasteiger partial charge in [-0.25, -0.2) is 0 Å². The van der Waals surface area contributed by atoms with Crippen LogP contribution in [-0.4, -0.2) is 35.0 Å². The molecule has 7 heteroatoms. The molecule has 0 atom stereocenters. The van der Waals surface area contributed by atoms with Gasteiger partial charge in [0.1, 0.15) is 0 Å². The third-order valence-electron chi connectivity index (χ3n) is 3.18. The summed E-state index contributed by atoms with van der Waals surface area (Å²) in [5.41, 5.74) is 1.50. The lowest BCUT2D eigenvalue weighted by molar-refractivity contribution is 0.104. The molecule has 0 spiro atoms. The summed E-state index contributed by atoms with van der Waals surface area (Å²) in [6.07, 6.45) is 7.16. The number of rotatable bonds is 9. The first-order valence-electron chi connectivity index (χ1n) is 7.55. The highest BCUT2D eigenvalue weighted by Crippen LogP contribution is 2.18. The van der Waals surface area contributed by atoms with E-state index in [1.807, 2.05) is 36.2 Å². The van der Waals surface area contributed by atoms with Gasteiger partial charge in [-0.2, -0.15) is 5.10 Å². The van der Waals surface area contributed by atoms with E-state index in [-0.39, 0.29) is 5.78 Å². The zero-order valence-electron chi connectivity index (χ0n) is 13.7. The van der Waals surface area contributed by atoms with Crippen LogP contribution in [-0.2, 0) is 11.3 Å². The molecule has 0 aliphatic carbocycles. The maximum atomic E-state index is 12.3. The molecule has 128 valence electrons. The van der Waals surface area contributed by atoms with E-state index in [9.17, 15) is 4.79 Å². The van der Waals surface area contributed by atoms with Crippen LogP contribution in [0.25, 0.3) is 0 Å². The quantitative estimate of drug-likeness (QED) is 0.382. The molecule has 0 aliphatic heterocycles. The molecule has 0 saturated heterocycles. The summed E-state index contributed by atoms with van der Waals surface area (Å²) in [5.74, 6) is -0.0388. The Morgan fingerprint density at radius 2 is 2.17 bits per heavy atom. The molecule has 0 unspecified atom stereocenters. The molecule has 1 heterocycles. The summed E-state index contributed by atoms with van der Waals surface area (Å²) < 4.78 is 8.08. The summed E-state index contributed by atoms with van der Waals surface area (Å²) in [5, 5.41) is 8.26. The smallest absolute Gasteiger partial charge is 0.188 e. The molecule has 1 N–H and O–H groups in total. The first-order valence-corrected chi connectivity index (χ1v) is 9.57. The number of hydrogen-bond acceptors (Lipinski definition) is 5. The van der Waals surface area contributed by atoms with Crippen molar-refractivity contribution < 1.29 is 9.53 Å². The predicted octanol–water partition coefficient (Wildman–Crippen LogP) is 4.18. The molecule has 0 aliphatic rings. The van der Waals surface area contributed by atoms with Crippen molar-refractivity contribution in [3.05, 3.63) is 57.8 Å². The fourth-order valence-corrected chi connectivity index (χ4v) is 2.67. The summed E-state index contributed by atoms with van der Waals surface area (Å²) in [7, 11) is 0. The van der Waals surface area contributed by atoms with Crippen molar-refractivity contribution in [1.29, 1.82) is 0 Å². The van der Waals surface area contributed by atoms with Gasteiger partial charge in [0.25, 0.3) is 0 Å². The lowest BCUT2D eigenvalue weighted by atomic mass is 10.1. The number of thioether (sulfide) groups is 1. The molecule has 5 nitrogen and oxygen atoms in total. The number of carbonyl (C=O) groups is 1. The average Bonchev–Trinajstić information content (AvgIpc) is 3.02. The van der Waals surface area contributed by atoms with Gasteiger partial charge < -0.3 is 10.1 Å². The molecular formula is C17H20BrN3O2S. The number of nitrogens with one attached hydrogen (secondary N) is 1. The second-order valence-electron chi connectivity index (χ2n) is 4.90. The van der Waals surface area contributed by atoms with Crippen molar-refractivity contribution in [2.75, 3.05) is 24.8 Å². The third kappa shape index (κ3) is 5.81. The third-order valence-corrected chi connectivity index (χ3v) is 4.37. The number of ketones is 1. The fourth-order valence-electron chi connectivity index (χ4n) is 1.96. The Balaban J connectivity index is 2.00. The number of allylic oxidation sites excluding steroid dienone is 1. The Labute approximate surface area is 154 Å². The molecule has 0 radical (unpaired) electrons. The van der Waals surface area contributed by atoms with Gasteiger partial charge in [0.15, 0.2) is 5.78 Å². The molecule has 0 fully saturated rings. The molecule has 1 aromatic carbocycles. The predicted molar refractivity (Wildman–Crippen MR) is 102 cm³/mol. The van der Waals surface area contributed by atoms with Crippen molar-refractivity contribution in [3.63, 3.8) is 0 Å². The van der Waals surface area contributed by atoms with Gasteiger partial charge in [-0.3, -0.25) is 9.48 Å². The average molecular weight is 410 g/mol. The van der Waals surface area contributed by atoms with Crippen LogP contribution in [0.2, 0.25) is 0 Å². The van der Waals surface area contributed by atoms with E-state index in [4.69, 9.17) is 4.74 Å². The van der Waals surface area contributed by atoms with Crippen LogP contribution >= 0.6 is 27.7 Å². The van der Waals surface area contributed by atoms with Crippen LogP contribution in [0.15, 0.2) is 52.2 Å². The molecular weight excluding hydrogens is 390 g/mol. The van der Waals surface area contributed by atoms with E-state index in [1.165, 1.54) is 11.8 Å². The van der Waals surface area contributed by atoms with Gasteiger partial charge in [0.2, 0.25) is 0 Å². The molecule has 0 bridgehead atoms. The number of benzene rings is 1. The fraction of sp³-hybridized carbons (Fsp3) is 0.294. The van der Waals surface area contributed by atoms with Gasteiger partial charge >= 0.3 is 0 Å². The molecule has 2 aromatic rings. The van der Waals surface area contributed by atoms with Gasteiger partial charge in [-0.15, -0.1) is 11.8 Å². The van der Waals surface area contributed by atoms with Gasteiger partial charge in [-0.05, 0) is 37.4 Å². The number of hydrogen-bond donors (Lipinski definition) is 1. The Hall–Kier alpha value is -1.57. The molecule has 24 heavy (non-hydrogen) atoms. The van der Waals surface area contributed by atoms with Crippen LogP contribution in [0.3, 0.4) is 0 Å². The number of halogens is 1. The van der Waals surface area contributed by atoms with E-state index in [1.54, 1.807) is 24.4 Å². The molecule has 2 rings (SSSR count). The second kappa shape index (κ2) is 9.66. The Bertz CT molecular complexity index is 698. The zero-order chi connectivity index (χ0) is 17.4. The van der Waals surface area contributed by atoms with E-state index in [0.29, 0.717) is 25.3 Å². The summed E-state index contributed by atoms with van der Waals surface area (Å²) >= 11 is 4.85. The SMILES string of the molecule is CCOCCn1cc(N/C(=C/C(=O)c2ccc(Br)cc2)SC)cn1. The van der Waals surface area contributed by atoms with Crippen LogP contribution in [0, 0.1) is 0 Å². The molecule has 0 saturated carbocycles. The highest BCUT2D eigenvalue weighted by molar-refractivity contribution is 9.10. The maximum Gasteiger partial charge on any atom is 0.188 e. The lowest BCUT2D eigenvalue weighted by Gasteiger charge is -2.06. The highest BCUT2D eigenvalue weighted by atomic mass is 79.9. The minimum absolute atomic E-state index is 0.0388. The van der Waals surface area contributed by atoms with Crippen LogP contribution in [0.5, 0.6) is 0 Å². The van der Waals surface area contributed by atoms with E-state index >= 15 is 0 Å². The number of carbonyl (C=O) groups excluding carboxylic acids is 1. The summed E-state index contributed by atoms with van der Waals surface area (Å²) in [4.78, 5) is 12.3. The molecule has 1 aromatic heterocycles. The van der Waals surface area contributed by atoms with Crippen molar-refractivity contribution in [3.8, 4) is 0 Å². The Morgan fingerprint density at radius 1 is 1.42 bits per heavy atom.